The van der Waals surface area contributed by atoms with Gasteiger partial charge in [0.25, 0.3) is 0 Å². The molecule has 0 atom stereocenters. The van der Waals surface area contributed by atoms with E-state index in [2.05, 4.69) is 25.2 Å². The second-order valence-corrected chi connectivity index (χ2v) is 3.33. The van der Waals surface area contributed by atoms with E-state index in [1.54, 1.807) is 6.08 Å². The Morgan fingerprint density at radius 3 is 2.54 bits per heavy atom. The van der Waals surface area contributed by atoms with E-state index in [-0.39, 0.29) is 5.83 Å². The van der Waals surface area contributed by atoms with Gasteiger partial charge in [0.05, 0.1) is 0 Å². The van der Waals surface area contributed by atoms with Crippen LogP contribution in [0.4, 0.5) is 4.39 Å². The van der Waals surface area contributed by atoms with E-state index < -0.39 is 0 Å². The number of halogens is 1. The van der Waals surface area contributed by atoms with Crippen LogP contribution in [0.15, 0.2) is 59.0 Å². The first-order valence-corrected chi connectivity index (χ1v) is 4.39. The van der Waals surface area contributed by atoms with E-state index in [0.29, 0.717) is 6.42 Å². The van der Waals surface area contributed by atoms with Crippen molar-refractivity contribution in [3.05, 3.63) is 59.0 Å². The fourth-order valence-electron chi connectivity index (χ4n) is 1.50. The Kier molecular flexibility index (Phi) is 2.01. The van der Waals surface area contributed by atoms with Crippen molar-refractivity contribution < 1.29 is 4.39 Å². The predicted octanol–water partition coefficient (Wildman–Crippen LogP) is 3.61. The molecule has 0 heterocycles. The largest absolute Gasteiger partial charge is 0.207 e. The minimum absolute atomic E-state index is 0.132. The van der Waals surface area contributed by atoms with Crippen molar-refractivity contribution in [3.63, 3.8) is 0 Å². The molecule has 0 unspecified atom stereocenters. The van der Waals surface area contributed by atoms with Gasteiger partial charge in [-0.15, -0.1) is 0 Å². The molecular weight excluding hydrogens is 163 g/mol. The molecule has 0 radical (unpaired) electrons. The van der Waals surface area contributed by atoms with Gasteiger partial charge in [0.1, 0.15) is 5.83 Å². The van der Waals surface area contributed by atoms with Crippen molar-refractivity contribution >= 4 is 0 Å². The maximum Gasteiger partial charge on any atom is 0.119 e. The summed E-state index contributed by atoms with van der Waals surface area (Å²) >= 11 is 0. The Labute approximate surface area is 77.5 Å². The molecule has 0 bridgehead atoms. The molecule has 0 aromatic heterocycles. The summed E-state index contributed by atoms with van der Waals surface area (Å²) in [4.78, 5) is 0. The van der Waals surface area contributed by atoms with Gasteiger partial charge in [-0.05, 0) is 36.6 Å². The van der Waals surface area contributed by atoms with Crippen molar-refractivity contribution in [2.24, 2.45) is 0 Å². The summed E-state index contributed by atoms with van der Waals surface area (Å²) in [5.74, 6) is -0.132. The highest BCUT2D eigenvalue weighted by Crippen LogP contribution is 2.25. The summed E-state index contributed by atoms with van der Waals surface area (Å²) in [7, 11) is 0. The van der Waals surface area contributed by atoms with Crippen LogP contribution in [-0.2, 0) is 0 Å². The fourth-order valence-corrected chi connectivity index (χ4v) is 1.50. The first kappa shape index (κ1) is 8.24. The Morgan fingerprint density at radius 2 is 2.00 bits per heavy atom. The zero-order valence-electron chi connectivity index (χ0n) is 7.55. The molecule has 0 fully saturated rings. The molecule has 2 aliphatic carbocycles. The molecule has 66 valence electrons. The summed E-state index contributed by atoms with van der Waals surface area (Å²) < 4.78 is 12.6. The maximum absolute atomic E-state index is 12.6. The lowest BCUT2D eigenvalue weighted by Gasteiger charge is -2.05. The van der Waals surface area contributed by atoms with Crippen LogP contribution in [0, 0.1) is 0 Å². The summed E-state index contributed by atoms with van der Waals surface area (Å²) in [6, 6.07) is 0. The van der Waals surface area contributed by atoms with Gasteiger partial charge in [0.2, 0.25) is 0 Å². The third kappa shape index (κ3) is 1.69. The van der Waals surface area contributed by atoms with Gasteiger partial charge in [-0.2, -0.15) is 0 Å². The van der Waals surface area contributed by atoms with Crippen LogP contribution in [0.1, 0.15) is 13.3 Å². The Hall–Kier alpha value is -1.37. The molecule has 2 rings (SSSR count). The predicted molar refractivity (Wildman–Crippen MR) is 52.9 cm³/mol. The van der Waals surface area contributed by atoms with Crippen LogP contribution in [0.3, 0.4) is 0 Å². The molecule has 0 aromatic carbocycles. The molecule has 0 aliphatic heterocycles. The first-order chi connectivity index (χ1) is 6.25. The van der Waals surface area contributed by atoms with Crippen LogP contribution in [-0.4, -0.2) is 0 Å². The van der Waals surface area contributed by atoms with Gasteiger partial charge < -0.3 is 0 Å². The average Bonchev–Trinajstić information content (AvgIpc) is 2.53. The second kappa shape index (κ2) is 3.17. The first-order valence-electron chi connectivity index (χ1n) is 4.39. The number of rotatable bonds is 0. The van der Waals surface area contributed by atoms with Crippen molar-refractivity contribution in [1.29, 1.82) is 0 Å². The van der Waals surface area contributed by atoms with E-state index in [4.69, 9.17) is 0 Å². The smallest absolute Gasteiger partial charge is 0.119 e. The van der Waals surface area contributed by atoms with Gasteiger partial charge in [-0.3, -0.25) is 0 Å². The summed E-state index contributed by atoms with van der Waals surface area (Å²) in [5.41, 5.74) is 3.65. The topological polar surface area (TPSA) is 0 Å². The lowest BCUT2D eigenvalue weighted by molar-refractivity contribution is 0.659. The molecule has 1 heteroatoms. The molecule has 0 nitrogen and oxygen atoms in total. The average molecular weight is 174 g/mol. The molecule has 0 aromatic rings. The maximum atomic E-state index is 12.6. The minimum Gasteiger partial charge on any atom is -0.207 e. The van der Waals surface area contributed by atoms with Gasteiger partial charge in [0, 0.05) is 0 Å². The van der Waals surface area contributed by atoms with Gasteiger partial charge in [-0.25, -0.2) is 4.39 Å². The Balaban J connectivity index is 2.30. The third-order valence-electron chi connectivity index (χ3n) is 2.24. The van der Waals surface area contributed by atoms with Crippen LogP contribution in [0.2, 0.25) is 0 Å². The molecule has 0 N–H and O–H groups in total. The quantitative estimate of drug-likeness (QED) is 0.526. The molecule has 2 aliphatic rings. The van der Waals surface area contributed by atoms with Crippen LogP contribution < -0.4 is 0 Å². The van der Waals surface area contributed by atoms with Crippen LogP contribution >= 0.6 is 0 Å². The zero-order chi connectivity index (χ0) is 9.26. The lowest BCUT2D eigenvalue weighted by atomic mass is 10.0. The zero-order valence-corrected chi connectivity index (χ0v) is 7.55. The van der Waals surface area contributed by atoms with Gasteiger partial charge in [-0.1, -0.05) is 29.9 Å². The molecule has 13 heavy (non-hydrogen) atoms. The lowest BCUT2D eigenvalue weighted by Crippen LogP contribution is -1.87. The highest BCUT2D eigenvalue weighted by Gasteiger charge is 2.06. The summed E-state index contributed by atoms with van der Waals surface area (Å²) in [6.45, 7) is 2.06. The number of hydrogen-bond acceptors (Lipinski definition) is 0. The van der Waals surface area contributed by atoms with Gasteiger partial charge >= 0.3 is 0 Å². The number of allylic oxidation sites excluding steroid dienone is 10. The normalized spacial score (nSPS) is 26.3. The highest BCUT2D eigenvalue weighted by molar-refractivity contribution is 5.52. The third-order valence-corrected chi connectivity index (χ3v) is 2.24. The van der Waals surface area contributed by atoms with Crippen LogP contribution in [0.5, 0.6) is 0 Å². The van der Waals surface area contributed by atoms with Crippen molar-refractivity contribution in [2.45, 2.75) is 13.3 Å². The standard InChI is InChI=1S/C12H11F/c1-9-2-3-11(8-9)10-4-6-12(13)7-5-10/h2-4,6-8H,5H2,1H3/b11-10-. The monoisotopic (exact) mass is 174 g/mol. The van der Waals surface area contributed by atoms with E-state index in [1.807, 2.05) is 6.08 Å². The SMILES string of the molecule is CC1=C/C(=C2/C=CC(F)=CC2)C=C1. The minimum atomic E-state index is -0.132. The Morgan fingerprint density at radius 1 is 1.15 bits per heavy atom. The number of hydrogen-bond donors (Lipinski definition) is 0. The second-order valence-electron chi connectivity index (χ2n) is 3.33. The highest BCUT2D eigenvalue weighted by atomic mass is 19.1. The fraction of sp³-hybridized carbons (Fsp3) is 0.167. The molecule has 0 saturated heterocycles. The van der Waals surface area contributed by atoms with E-state index in [0.717, 1.165) is 0 Å². The van der Waals surface area contributed by atoms with Crippen molar-refractivity contribution in [3.8, 4) is 0 Å². The molecule has 0 spiro atoms. The van der Waals surface area contributed by atoms with E-state index >= 15 is 0 Å². The van der Waals surface area contributed by atoms with Crippen molar-refractivity contribution in [2.75, 3.05) is 0 Å². The summed E-state index contributed by atoms with van der Waals surface area (Å²) in [5, 5.41) is 0. The molecular formula is C12H11F. The van der Waals surface area contributed by atoms with E-state index in [1.165, 1.54) is 22.8 Å². The molecule has 0 saturated carbocycles. The summed E-state index contributed by atoms with van der Waals surface area (Å²) in [6.07, 6.45) is 11.9. The Bertz CT molecular complexity index is 376. The molecule has 0 amide bonds. The van der Waals surface area contributed by atoms with Crippen LogP contribution in [0.25, 0.3) is 0 Å². The van der Waals surface area contributed by atoms with Gasteiger partial charge in [0.15, 0.2) is 0 Å². The van der Waals surface area contributed by atoms with E-state index in [9.17, 15) is 4.39 Å². The van der Waals surface area contributed by atoms with Crippen molar-refractivity contribution in [1.82, 2.24) is 0 Å².